The highest BCUT2D eigenvalue weighted by molar-refractivity contribution is 7.18. The summed E-state index contributed by atoms with van der Waals surface area (Å²) in [7, 11) is 0. The number of anilines is 1. The van der Waals surface area contributed by atoms with E-state index in [1.54, 1.807) is 12.1 Å². The van der Waals surface area contributed by atoms with E-state index in [-0.39, 0.29) is 30.8 Å². The first-order chi connectivity index (χ1) is 9.54. The Morgan fingerprint density at radius 2 is 1.85 bits per heavy atom. The Morgan fingerprint density at radius 1 is 1.20 bits per heavy atom. The molecule has 0 spiro atoms. The van der Waals surface area contributed by atoms with Crippen molar-refractivity contribution in [2.75, 3.05) is 18.4 Å². The standard InChI is InChI=1S/C13H16N2O4S/c16-8-5-15(6-9(8)17)13(19)10-3-4-11(20-10)14-12(18)7-1-2-7/h3-4,7-9,16-17H,1-2,5-6H2,(H,14,18)/t8-,9+. The van der Waals surface area contributed by atoms with Crippen LogP contribution in [0, 0.1) is 5.92 Å². The fourth-order valence-corrected chi connectivity index (χ4v) is 3.06. The molecule has 2 amide bonds. The quantitative estimate of drug-likeness (QED) is 0.747. The van der Waals surface area contributed by atoms with Crippen molar-refractivity contribution in [3.63, 3.8) is 0 Å². The zero-order valence-corrected chi connectivity index (χ0v) is 11.6. The van der Waals surface area contributed by atoms with Crippen LogP contribution in [0.2, 0.25) is 0 Å². The van der Waals surface area contributed by atoms with Crippen molar-refractivity contribution in [1.29, 1.82) is 0 Å². The van der Waals surface area contributed by atoms with Gasteiger partial charge in [0.2, 0.25) is 5.91 Å². The minimum Gasteiger partial charge on any atom is -0.388 e. The number of thiophene rings is 1. The van der Waals surface area contributed by atoms with Crippen molar-refractivity contribution in [2.45, 2.75) is 25.0 Å². The molecule has 2 fully saturated rings. The van der Waals surface area contributed by atoms with Gasteiger partial charge in [0.25, 0.3) is 5.91 Å². The van der Waals surface area contributed by atoms with Crippen LogP contribution in [0.5, 0.6) is 0 Å². The molecule has 1 aromatic rings. The lowest BCUT2D eigenvalue weighted by Gasteiger charge is -2.13. The van der Waals surface area contributed by atoms with Crippen molar-refractivity contribution in [1.82, 2.24) is 4.90 Å². The molecule has 3 rings (SSSR count). The van der Waals surface area contributed by atoms with E-state index in [1.165, 1.54) is 16.2 Å². The zero-order valence-electron chi connectivity index (χ0n) is 10.8. The lowest BCUT2D eigenvalue weighted by Crippen LogP contribution is -2.29. The predicted molar refractivity (Wildman–Crippen MR) is 73.6 cm³/mol. The van der Waals surface area contributed by atoms with E-state index in [0.717, 1.165) is 12.8 Å². The third-order valence-corrected chi connectivity index (χ3v) is 4.55. The third kappa shape index (κ3) is 2.70. The van der Waals surface area contributed by atoms with Crippen LogP contribution in [0.4, 0.5) is 5.00 Å². The molecule has 7 heteroatoms. The van der Waals surface area contributed by atoms with E-state index in [0.29, 0.717) is 9.88 Å². The van der Waals surface area contributed by atoms with Crippen LogP contribution in [-0.2, 0) is 4.79 Å². The fourth-order valence-electron chi connectivity index (χ4n) is 2.18. The Hall–Kier alpha value is -1.44. The monoisotopic (exact) mass is 296 g/mol. The summed E-state index contributed by atoms with van der Waals surface area (Å²) in [6.07, 6.45) is 0.111. The average molecular weight is 296 g/mol. The van der Waals surface area contributed by atoms with Gasteiger partial charge in [-0.15, -0.1) is 11.3 Å². The maximum Gasteiger partial charge on any atom is 0.264 e. The summed E-state index contributed by atoms with van der Waals surface area (Å²) in [5.41, 5.74) is 0. The van der Waals surface area contributed by atoms with Crippen LogP contribution >= 0.6 is 11.3 Å². The normalized spacial score (nSPS) is 25.8. The number of amides is 2. The predicted octanol–water partition coefficient (Wildman–Crippen LogP) is 0.274. The molecule has 0 unspecified atom stereocenters. The molecule has 20 heavy (non-hydrogen) atoms. The summed E-state index contributed by atoms with van der Waals surface area (Å²) in [6, 6.07) is 3.37. The second-order valence-corrected chi connectivity index (χ2v) is 6.36. The molecule has 0 radical (unpaired) electrons. The molecule has 2 heterocycles. The average Bonchev–Trinajstić information content (AvgIpc) is 3.09. The highest BCUT2D eigenvalue weighted by Gasteiger charge is 2.34. The van der Waals surface area contributed by atoms with Gasteiger partial charge >= 0.3 is 0 Å². The minimum absolute atomic E-state index is 0.0119. The molecule has 1 saturated heterocycles. The van der Waals surface area contributed by atoms with Crippen LogP contribution in [-0.4, -0.2) is 52.2 Å². The number of hydrogen-bond donors (Lipinski definition) is 3. The Balaban J connectivity index is 1.64. The molecule has 108 valence electrons. The van der Waals surface area contributed by atoms with Gasteiger partial charge in [-0.05, 0) is 25.0 Å². The minimum atomic E-state index is -0.882. The Labute approximate surface area is 120 Å². The number of hydrogen-bond acceptors (Lipinski definition) is 5. The van der Waals surface area contributed by atoms with E-state index in [9.17, 15) is 19.8 Å². The Morgan fingerprint density at radius 3 is 2.45 bits per heavy atom. The number of carbonyl (C=O) groups excluding carboxylic acids is 2. The number of likely N-dealkylation sites (tertiary alicyclic amines) is 1. The van der Waals surface area contributed by atoms with Gasteiger partial charge in [0.1, 0.15) is 0 Å². The van der Waals surface area contributed by atoms with Gasteiger partial charge in [0.05, 0.1) is 22.1 Å². The van der Waals surface area contributed by atoms with E-state index < -0.39 is 12.2 Å². The van der Waals surface area contributed by atoms with Gasteiger partial charge in [-0.1, -0.05) is 0 Å². The summed E-state index contributed by atoms with van der Waals surface area (Å²) >= 11 is 1.22. The highest BCUT2D eigenvalue weighted by atomic mass is 32.1. The largest absolute Gasteiger partial charge is 0.388 e. The maximum absolute atomic E-state index is 12.2. The molecular weight excluding hydrogens is 280 g/mol. The molecule has 2 aliphatic rings. The highest BCUT2D eigenvalue weighted by Crippen LogP contribution is 2.32. The lowest BCUT2D eigenvalue weighted by molar-refractivity contribution is -0.117. The molecule has 0 bridgehead atoms. The summed E-state index contributed by atoms with van der Waals surface area (Å²) in [5.74, 6) is -0.0875. The van der Waals surface area contributed by atoms with Crippen LogP contribution < -0.4 is 5.32 Å². The molecule has 0 aromatic carbocycles. The van der Waals surface area contributed by atoms with E-state index in [1.807, 2.05) is 0 Å². The molecule has 1 aromatic heterocycles. The molecule has 2 atom stereocenters. The third-order valence-electron chi connectivity index (χ3n) is 3.56. The number of β-amino-alcohol motifs (C(OH)–C–C–N with tert-alkyl or cyclic N) is 2. The van der Waals surface area contributed by atoms with Gasteiger partial charge < -0.3 is 20.4 Å². The van der Waals surface area contributed by atoms with E-state index >= 15 is 0 Å². The summed E-state index contributed by atoms with van der Waals surface area (Å²) < 4.78 is 0. The molecule has 1 aliphatic carbocycles. The van der Waals surface area contributed by atoms with Gasteiger partial charge in [-0.2, -0.15) is 0 Å². The fraction of sp³-hybridized carbons (Fsp3) is 0.538. The first kappa shape index (κ1) is 13.5. The van der Waals surface area contributed by atoms with Crippen molar-refractivity contribution in [3.8, 4) is 0 Å². The van der Waals surface area contributed by atoms with E-state index in [2.05, 4.69) is 5.32 Å². The molecule has 1 aliphatic heterocycles. The van der Waals surface area contributed by atoms with Crippen molar-refractivity contribution in [3.05, 3.63) is 17.0 Å². The van der Waals surface area contributed by atoms with E-state index in [4.69, 9.17) is 0 Å². The van der Waals surface area contributed by atoms with Crippen molar-refractivity contribution >= 4 is 28.2 Å². The summed E-state index contributed by atoms with van der Waals surface area (Å²) in [5, 5.41) is 22.4. The SMILES string of the molecule is O=C(Nc1ccc(C(=O)N2C[C@@H](O)[C@@H](O)C2)s1)C1CC1. The number of aliphatic hydroxyl groups is 2. The molecule has 6 nitrogen and oxygen atoms in total. The maximum atomic E-state index is 12.2. The van der Waals surface area contributed by atoms with Crippen LogP contribution in [0.1, 0.15) is 22.5 Å². The number of nitrogens with one attached hydrogen (secondary N) is 1. The second kappa shape index (κ2) is 5.16. The van der Waals surface area contributed by atoms with Crippen LogP contribution in [0.3, 0.4) is 0 Å². The smallest absolute Gasteiger partial charge is 0.264 e. The van der Waals surface area contributed by atoms with Crippen molar-refractivity contribution < 1.29 is 19.8 Å². The number of carbonyl (C=O) groups is 2. The number of rotatable bonds is 3. The van der Waals surface area contributed by atoms with Crippen LogP contribution in [0.25, 0.3) is 0 Å². The lowest BCUT2D eigenvalue weighted by atomic mass is 10.3. The summed E-state index contributed by atoms with van der Waals surface area (Å²) in [4.78, 5) is 25.7. The zero-order chi connectivity index (χ0) is 14.3. The van der Waals surface area contributed by atoms with Gasteiger partial charge in [0, 0.05) is 19.0 Å². The molecular formula is C13H16N2O4S. The van der Waals surface area contributed by atoms with Gasteiger partial charge in [-0.25, -0.2) is 0 Å². The first-order valence-electron chi connectivity index (χ1n) is 6.60. The molecule has 3 N–H and O–H groups in total. The topological polar surface area (TPSA) is 89.9 Å². The molecule has 1 saturated carbocycles. The van der Waals surface area contributed by atoms with Gasteiger partial charge in [0.15, 0.2) is 0 Å². The van der Waals surface area contributed by atoms with Crippen molar-refractivity contribution in [2.24, 2.45) is 5.92 Å². The first-order valence-corrected chi connectivity index (χ1v) is 7.42. The van der Waals surface area contributed by atoms with Crippen LogP contribution in [0.15, 0.2) is 12.1 Å². The Bertz CT molecular complexity index is 530. The Kier molecular flexibility index (Phi) is 3.49. The number of aliphatic hydroxyl groups excluding tert-OH is 2. The van der Waals surface area contributed by atoms with Gasteiger partial charge in [-0.3, -0.25) is 9.59 Å². The number of nitrogens with zero attached hydrogens (tertiary/aromatic N) is 1. The summed E-state index contributed by atoms with van der Waals surface area (Å²) in [6.45, 7) is 0.281. The second-order valence-electron chi connectivity index (χ2n) is 5.27.